The summed E-state index contributed by atoms with van der Waals surface area (Å²) >= 11 is 0. The van der Waals surface area contributed by atoms with Gasteiger partial charge in [0.05, 0.1) is 12.1 Å². The van der Waals surface area contributed by atoms with Crippen LogP contribution in [0, 0.1) is 11.6 Å². The van der Waals surface area contributed by atoms with E-state index in [2.05, 4.69) is 5.16 Å². The lowest BCUT2D eigenvalue weighted by Gasteiger charge is -2.24. The second-order valence-electron chi connectivity index (χ2n) is 6.30. The quantitative estimate of drug-likeness (QED) is 0.936. The van der Waals surface area contributed by atoms with E-state index in [9.17, 15) is 18.7 Å². The maximum absolute atomic E-state index is 14.1. The van der Waals surface area contributed by atoms with E-state index in [-0.39, 0.29) is 30.1 Å². The number of aromatic nitrogens is 1. The van der Waals surface area contributed by atoms with E-state index in [1.807, 2.05) is 13.8 Å². The highest BCUT2D eigenvalue weighted by Gasteiger charge is 2.38. The van der Waals surface area contributed by atoms with Crippen LogP contribution in [-0.4, -0.2) is 33.7 Å². The zero-order valence-corrected chi connectivity index (χ0v) is 13.4. The Bertz CT molecular complexity index is 760. The molecule has 1 aliphatic rings. The molecule has 1 aromatic carbocycles. The second-order valence-corrected chi connectivity index (χ2v) is 6.30. The maximum Gasteiger partial charge on any atom is 0.276 e. The molecule has 0 unspecified atom stereocenters. The molecule has 3 rings (SSSR count). The second kappa shape index (κ2) is 6.32. The molecule has 2 atom stereocenters. The van der Waals surface area contributed by atoms with Crippen molar-refractivity contribution in [2.45, 2.75) is 38.3 Å². The van der Waals surface area contributed by atoms with Crippen molar-refractivity contribution in [3.8, 4) is 0 Å². The molecule has 0 spiro atoms. The fourth-order valence-electron chi connectivity index (χ4n) is 2.91. The smallest absolute Gasteiger partial charge is 0.276 e. The molecule has 1 saturated heterocycles. The van der Waals surface area contributed by atoms with Gasteiger partial charge in [0.25, 0.3) is 5.91 Å². The first-order valence-electron chi connectivity index (χ1n) is 7.77. The minimum absolute atomic E-state index is 0.0311. The zero-order valence-electron chi connectivity index (χ0n) is 13.4. The lowest BCUT2D eigenvalue weighted by atomic mass is 10.0. The third-order valence-corrected chi connectivity index (χ3v) is 4.17. The fraction of sp³-hybridized carbons (Fsp3) is 0.412. The minimum atomic E-state index is -0.807. The molecule has 128 valence electrons. The summed E-state index contributed by atoms with van der Waals surface area (Å²) in [6.45, 7) is 3.84. The van der Waals surface area contributed by atoms with Crippen molar-refractivity contribution in [2.24, 2.45) is 0 Å². The van der Waals surface area contributed by atoms with Crippen molar-refractivity contribution in [2.75, 3.05) is 6.54 Å². The average Bonchev–Trinajstić information content (AvgIpc) is 3.16. The third kappa shape index (κ3) is 3.03. The summed E-state index contributed by atoms with van der Waals surface area (Å²) in [5.41, 5.74) is 0.141. The van der Waals surface area contributed by atoms with Gasteiger partial charge in [-0.3, -0.25) is 4.79 Å². The van der Waals surface area contributed by atoms with Gasteiger partial charge in [-0.15, -0.1) is 0 Å². The molecule has 1 amide bonds. The molecule has 2 aromatic rings. The van der Waals surface area contributed by atoms with E-state index in [0.29, 0.717) is 5.76 Å². The highest BCUT2D eigenvalue weighted by atomic mass is 19.1. The number of carbonyl (C=O) groups is 1. The van der Waals surface area contributed by atoms with Crippen LogP contribution in [0.2, 0.25) is 0 Å². The zero-order chi connectivity index (χ0) is 17.4. The molecule has 2 heterocycles. The van der Waals surface area contributed by atoms with Gasteiger partial charge >= 0.3 is 0 Å². The van der Waals surface area contributed by atoms with Crippen molar-refractivity contribution in [3.63, 3.8) is 0 Å². The van der Waals surface area contributed by atoms with Gasteiger partial charge in [-0.25, -0.2) is 8.78 Å². The molecule has 7 heteroatoms. The summed E-state index contributed by atoms with van der Waals surface area (Å²) in [5, 5.41) is 13.7. The van der Waals surface area contributed by atoms with E-state index < -0.39 is 29.7 Å². The number of benzene rings is 1. The predicted octanol–water partition coefficient (Wildman–Crippen LogP) is 3.02. The van der Waals surface area contributed by atoms with Crippen molar-refractivity contribution >= 4 is 5.91 Å². The Kier molecular flexibility index (Phi) is 4.36. The number of hydrogen-bond acceptors (Lipinski definition) is 4. The molecule has 24 heavy (non-hydrogen) atoms. The van der Waals surface area contributed by atoms with Gasteiger partial charge < -0.3 is 14.5 Å². The molecular weight excluding hydrogens is 318 g/mol. The molecule has 1 aromatic heterocycles. The minimum Gasteiger partial charge on any atom is -0.391 e. The van der Waals surface area contributed by atoms with Crippen molar-refractivity contribution < 1.29 is 23.2 Å². The van der Waals surface area contributed by atoms with Gasteiger partial charge in [0.2, 0.25) is 0 Å². The van der Waals surface area contributed by atoms with Crippen LogP contribution in [0.3, 0.4) is 0 Å². The first-order chi connectivity index (χ1) is 11.4. The van der Waals surface area contributed by atoms with Gasteiger partial charge in [-0.2, -0.15) is 0 Å². The van der Waals surface area contributed by atoms with E-state index in [4.69, 9.17) is 4.52 Å². The highest BCUT2D eigenvalue weighted by molar-refractivity contribution is 5.92. The van der Waals surface area contributed by atoms with Crippen LogP contribution in [0.5, 0.6) is 0 Å². The molecule has 0 radical (unpaired) electrons. The third-order valence-electron chi connectivity index (χ3n) is 4.17. The van der Waals surface area contributed by atoms with Gasteiger partial charge in [-0.1, -0.05) is 19.0 Å². The Morgan fingerprint density at radius 2 is 2.12 bits per heavy atom. The van der Waals surface area contributed by atoms with Crippen molar-refractivity contribution in [3.05, 3.63) is 52.9 Å². The Labute approximate surface area is 137 Å². The first kappa shape index (κ1) is 16.6. The monoisotopic (exact) mass is 336 g/mol. The van der Waals surface area contributed by atoms with Gasteiger partial charge in [0, 0.05) is 24.1 Å². The summed E-state index contributed by atoms with van der Waals surface area (Å²) in [4.78, 5) is 14.0. The Morgan fingerprint density at radius 3 is 2.79 bits per heavy atom. The van der Waals surface area contributed by atoms with Crippen LogP contribution in [0.1, 0.15) is 54.0 Å². The van der Waals surface area contributed by atoms with Crippen LogP contribution in [0.4, 0.5) is 8.78 Å². The summed E-state index contributed by atoms with van der Waals surface area (Å²) in [7, 11) is 0. The van der Waals surface area contributed by atoms with Crippen LogP contribution in [0.15, 0.2) is 28.8 Å². The number of rotatable bonds is 3. The standard InChI is InChI=1S/C17H18F2N2O3/c1-9(2)16-7-14(20-24-16)17(23)21-8-11(22)6-15(21)12-5-10(18)3-4-13(12)19/h3-5,7,9,11,15,22H,6,8H2,1-2H3/t11-,15+/m0/s1. The van der Waals surface area contributed by atoms with Crippen LogP contribution < -0.4 is 0 Å². The van der Waals surface area contributed by atoms with Crippen molar-refractivity contribution in [1.82, 2.24) is 10.1 Å². The number of nitrogens with zero attached hydrogens (tertiary/aromatic N) is 2. The van der Waals surface area contributed by atoms with E-state index >= 15 is 0 Å². The SMILES string of the molecule is CC(C)c1cc(C(=O)N2C[C@@H](O)C[C@@H]2c2cc(F)ccc2F)no1. The fourth-order valence-corrected chi connectivity index (χ4v) is 2.91. The first-order valence-corrected chi connectivity index (χ1v) is 7.77. The molecule has 1 N–H and O–H groups in total. The number of likely N-dealkylation sites (tertiary alicyclic amines) is 1. The molecule has 0 saturated carbocycles. The Hall–Kier alpha value is -2.28. The molecule has 1 fully saturated rings. The number of halogens is 2. The molecule has 5 nitrogen and oxygen atoms in total. The lowest BCUT2D eigenvalue weighted by molar-refractivity contribution is 0.0703. The Morgan fingerprint density at radius 1 is 1.38 bits per heavy atom. The van der Waals surface area contributed by atoms with Gasteiger partial charge in [0.15, 0.2) is 5.69 Å². The number of amides is 1. The number of aliphatic hydroxyl groups is 1. The van der Waals surface area contributed by atoms with Gasteiger partial charge in [-0.05, 0) is 24.6 Å². The van der Waals surface area contributed by atoms with Gasteiger partial charge in [0.1, 0.15) is 17.4 Å². The summed E-state index contributed by atoms with van der Waals surface area (Å²) < 4.78 is 32.7. The van der Waals surface area contributed by atoms with E-state index in [1.54, 1.807) is 0 Å². The largest absolute Gasteiger partial charge is 0.391 e. The molecule has 0 aliphatic carbocycles. The molecule has 1 aliphatic heterocycles. The van der Waals surface area contributed by atoms with E-state index in [0.717, 1.165) is 18.2 Å². The highest BCUT2D eigenvalue weighted by Crippen LogP contribution is 2.35. The summed E-state index contributed by atoms with van der Waals surface area (Å²) in [6.07, 6.45) is -0.667. The summed E-state index contributed by atoms with van der Waals surface area (Å²) in [6, 6.07) is 3.88. The number of β-amino-alcohol motifs (C(OH)–C–C–N with tert-alkyl or cyclic N) is 1. The van der Waals surface area contributed by atoms with Crippen LogP contribution in [-0.2, 0) is 0 Å². The summed E-state index contributed by atoms with van der Waals surface area (Å²) in [5.74, 6) is -1.05. The number of aliphatic hydroxyl groups excluding tert-OH is 1. The average molecular weight is 336 g/mol. The van der Waals surface area contributed by atoms with Crippen LogP contribution in [0.25, 0.3) is 0 Å². The lowest BCUT2D eigenvalue weighted by Crippen LogP contribution is -2.32. The maximum atomic E-state index is 14.1. The molecule has 0 bridgehead atoms. The van der Waals surface area contributed by atoms with Crippen LogP contribution >= 0.6 is 0 Å². The predicted molar refractivity (Wildman–Crippen MR) is 81.4 cm³/mol. The van der Waals surface area contributed by atoms with E-state index in [1.165, 1.54) is 11.0 Å². The molecular formula is C17H18F2N2O3. The Balaban J connectivity index is 1.92. The van der Waals surface area contributed by atoms with Crippen molar-refractivity contribution in [1.29, 1.82) is 0 Å². The number of hydrogen-bond donors (Lipinski definition) is 1. The number of carbonyl (C=O) groups excluding carboxylic acids is 1. The topological polar surface area (TPSA) is 66.6 Å². The normalized spacial score (nSPS) is 20.8.